The molecule has 3 rings (SSSR count). The van der Waals surface area contributed by atoms with Crippen molar-refractivity contribution in [2.24, 2.45) is 4.99 Å². The van der Waals surface area contributed by atoms with Crippen molar-refractivity contribution in [3.63, 3.8) is 0 Å². The lowest BCUT2D eigenvalue weighted by molar-refractivity contribution is 0.0827. The fourth-order valence-corrected chi connectivity index (χ4v) is 2.94. The van der Waals surface area contributed by atoms with Crippen molar-refractivity contribution < 1.29 is 9.21 Å². The largest absolute Gasteiger partial charge is 0.444 e. The van der Waals surface area contributed by atoms with E-state index in [9.17, 15) is 4.79 Å². The lowest BCUT2D eigenvalue weighted by atomic mass is 10.1. The smallest absolute Gasteiger partial charge is 0.253 e. The molecule has 0 fully saturated rings. The third kappa shape index (κ3) is 5.70. The molecule has 7 nitrogen and oxygen atoms in total. The van der Waals surface area contributed by atoms with Crippen molar-refractivity contribution in [3.8, 4) is 11.5 Å². The summed E-state index contributed by atoms with van der Waals surface area (Å²) >= 11 is 0. The van der Waals surface area contributed by atoms with Gasteiger partial charge in [-0.25, -0.2) is 4.98 Å². The van der Waals surface area contributed by atoms with E-state index in [-0.39, 0.29) is 5.91 Å². The first kappa shape index (κ1) is 21.1. The Morgan fingerprint density at radius 2 is 1.90 bits per heavy atom. The summed E-state index contributed by atoms with van der Waals surface area (Å²) in [7, 11) is 5.23. The maximum atomic E-state index is 12.1. The summed E-state index contributed by atoms with van der Waals surface area (Å²) in [4.78, 5) is 22.4. The fourth-order valence-electron chi connectivity index (χ4n) is 2.94. The van der Waals surface area contributed by atoms with Crippen LogP contribution in [0.1, 0.15) is 21.6 Å². The Kier molecular flexibility index (Phi) is 7.21. The van der Waals surface area contributed by atoms with Gasteiger partial charge in [-0.2, -0.15) is 0 Å². The number of oxazole rings is 1. The van der Waals surface area contributed by atoms with Gasteiger partial charge in [-0.1, -0.05) is 30.3 Å². The molecule has 156 valence electrons. The number of guanidine groups is 1. The van der Waals surface area contributed by atoms with E-state index in [1.807, 2.05) is 54.6 Å². The maximum Gasteiger partial charge on any atom is 0.253 e. The highest BCUT2D eigenvalue weighted by molar-refractivity contribution is 5.94. The van der Waals surface area contributed by atoms with Crippen molar-refractivity contribution in [1.82, 2.24) is 20.5 Å². The summed E-state index contributed by atoms with van der Waals surface area (Å²) in [5.74, 6) is 1.28. The van der Waals surface area contributed by atoms with Crippen LogP contribution in [0.15, 0.2) is 70.3 Å². The van der Waals surface area contributed by atoms with Gasteiger partial charge < -0.3 is 20.0 Å². The molecule has 1 aromatic heterocycles. The first-order chi connectivity index (χ1) is 14.6. The summed E-state index contributed by atoms with van der Waals surface area (Å²) in [5.41, 5.74) is 3.53. The lowest BCUT2D eigenvalue weighted by Gasteiger charge is -2.12. The lowest BCUT2D eigenvalue weighted by Crippen LogP contribution is -2.37. The zero-order valence-electron chi connectivity index (χ0n) is 17.6. The summed E-state index contributed by atoms with van der Waals surface area (Å²) < 4.78 is 5.56. The van der Waals surface area contributed by atoms with Crippen LogP contribution in [-0.2, 0) is 13.0 Å². The van der Waals surface area contributed by atoms with Crippen LogP contribution in [-0.4, -0.2) is 49.4 Å². The van der Waals surface area contributed by atoms with Gasteiger partial charge in [0.15, 0.2) is 5.96 Å². The molecular formula is C23H27N5O2. The van der Waals surface area contributed by atoms with Gasteiger partial charge in [-0.15, -0.1) is 0 Å². The van der Waals surface area contributed by atoms with E-state index in [0.717, 1.165) is 23.2 Å². The van der Waals surface area contributed by atoms with Crippen LogP contribution in [0, 0.1) is 0 Å². The minimum atomic E-state index is 0.00442. The van der Waals surface area contributed by atoms with Crippen LogP contribution in [0.2, 0.25) is 0 Å². The normalized spacial score (nSPS) is 11.2. The summed E-state index contributed by atoms with van der Waals surface area (Å²) in [6.07, 6.45) is 2.42. The molecule has 1 heterocycles. The summed E-state index contributed by atoms with van der Waals surface area (Å²) in [6, 6.07) is 17.5. The first-order valence-electron chi connectivity index (χ1n) is 9.81. The molecule has 0 atom stereocenters. The highest BCUT2D eigenvalue weighted by atomic mass is 16.3. The van der Waals surface area contributed by atoms with Gasteiger partial charge in [0.05, 0.1) is 12.2 Å². The monoisotopic (exact) mass is 405 g/mol. The van der Waals surface area contributed by atoms with Gasteiger partial charge in [0.25, 0.3) is 5.91 Å². The van der Waals surface area contributed by atoms with Crippen molar-refractivity contribution in [2.75, 3.05) is 27.7 Å². The molecule has 0 bridgehead atoms. The van der Waals surface area contributed by atoms with Crippen LogP contribution < -0.4 is 10.6 Å². The minimum absolute atomic E-state index is 0.00442. The van der Waals surface area contributed by atoms with Crippen molar-refractivity contribution in [2.45, 2.75) is 13.0 Å². The molecule has 0 aliphatic heterocycles. The number of rotatable bonds is 7. The Labute approximate surface area is 176 Å². The third-order valence-corrected chi connectivity index (χ3v) is 4.52. The van der Waals surface area contributed by atoms with E-state index in [0.29, 0.717) is 30.5 Å². The van der Waals surface area contributed by atoms with Gasteiger partial charge in [-0.05, 0) is 36.2 Å². The number of carbonyl (C=O) groups excluding carboxylic acids is 1. The average molecular weight is 406 g/mol. The Hall–Kier alpha value is -3.61. The molecule has 7 heteroatoms. The highest BCUT2D eigenvalue weighted by Gasteiger charge is 2.09. The molecule has 2 aromatic carbocycles. The topological polar surface area (TPSA) is 82.8 Å². The third-order valence-electron chi connectivity index (χ3n) is 4.52. The molecular weight excluding hydrogens is 378 g/mol. The van der Waals surface area contributed by atoms with E-state index < -0.39 is 0 Å². The number of hydrogen-bond donors (Lipinski definition) is 2. The van der Waals surface area contributed by atoms with Crippen LogP contribution in [0.5, 0.6) is 0 Å². The standard InChI is InChI=1S/C23H27N5O2/c1-24-23(25-13-12-17-8-7-11-19(14-17)22(29)28(2)3)26-15-20-16-30-21(27-20)18-9-5-4-6-10-18/h4-11,14,16H,12-13,15H2,1-3H3,(H2,24,25,26). The van der Waals surface area contributed by atoms with E-state index in [4.69, 9.17) is 4.42 Å². The number of carbonyl (C=O) groups is 1. The van der Waals surface area contributed by atoms with Crippen molar-refractivity contribution in [1.29, 1.82) is 0 Å². The van der Waals surface area contributed by atoms with E-state index >= 15 is 0 Å². The molecule has 3 aromatic rings. The number of nitrogens with one attached hydrogen (secondary N) is 2. The molecule has 0 saturated heterocycles. The second-order valence-corrected chi connectivity index (χ2v) is 7.01. The van der Waals surface area contributed by atoms with E-state index in [1.54, 1.807) is 32.3 Å². The Bertz CT molecular complexity index is 996. The van der Waals surface area contributed by atoms with Gasteiger partial charge >= 0.3 is 0 Å². The zero-order chi connectivity index (χ0) is 21.3. The Balaban J connectivity index is 1.48. The van der Waals surface area contributed by atoms with Gasteiger partial charge in [0.1, 0.15) is 6.26 Å². The SMILES string of the molecule is CN=C(NCCc1cccc(C(=O)N(C)C)c1)NCc1coc(-c2ccccc2)n1. The molecule has 0 radical (unpaired) electrons. The number of amides is 1. The van der Waals surface area contributed by atoms with E-state index in [1.165, 1.54) is 0 Å². The molecule has 30 heavy (non-hydrogen) atoms. The summed E-state index contributed by atoms with van der Waals surface area (Å²) in [5, 5.41) is 6.52. The van der Waals surface area contributed by atoms with Gasteiger partial charge in [0.2, 0.25) is 5.89 Å². The van der Waals surface area contributed by atoms with E-state index in [2.05, 4.69) is 20.6 Å². The molecule has 0 spiro atoms. The molecule has 0 saturated carbocycles. The second kappa shape index (κ2) is 10.2. The predicted molar refractivity (Wildman–Crippen MR) is 118 cm³/mol. The Morgan fingerprint density at radius 1 is 1.10 bits per heavy atom. The molecule has 2 N–H and O–H groups in total. The first-order valence-corrected chi connectivity index (χ1v) is 9.81. The average Bonchev–Trinajstić information content (AvgIpc) is 3.25. The number of aliphatic imine (C=N–C) groups is 1. The molecule has 0 unspecified atom stereocenters. The number of hydrogen-bond acceptors (Lipinski definition) is 4. The Morgan fingerprint density at radius 3 is 2.63 bits per heavy atom. The van der Waals surface area contributed by atoms with Crippen LogP contribution in [0.25, 0.3) is 11.5 Å². The van der Waals surface area contributed by atoms with Gasteiger partial charge in [-0.3, -0.25) is 9.79 Å². The maximum absolute atomic E-state index is 12.1. The van der Waals surface area contributed by atoms with Crippen molar-refractivity contribution >= 4 is 11.9 Å². The zero-order valence-corrected chi connectivity index (χ0v) is 17.6. The molecule has 0 aliphatic carbocycles. The molecule has 1 amide bonds. The quantitative estimate of drug-likeness (QED) is 0.466. The van der Waals surface area contributed by atoms with Crippen LogP contribution in [0.3, 0.4) is 0 Å². The fraction of sp³-hybridized carbons (Fsp3) is 0.261. The second-order valence-electron chi connectivity index (χ2n) is 7.01. The number of benzene rings is 2. The number of aromatic nitrogens is 1. The highest BCUT2D eigenvalue weighted by Crippen LogP contribution is 2.17. The predicted octanol–water partition coefficient (Wildman–Crippen LogP) is 2.95. The van der Waals surface area contributed by atoms with Crippen molar-refractivity contribution in [3.05, 3.63) is 77.7 Å². The van der Waals surface area contributed by atoms with Crippen LogP contribution >= 0.6 is 0 Å². The van der Waals surface area contributed by atoms with Crippen LogP contribution in [0.4, 0.5) is 0 Å². The van der Waals surface area contributed by atoms with Gasteiger partial charge in [0, 0.05) is 38.8 Å². The minimum Gasteiger partial charge on any atom is -0.444 e. The molecule has 0 aliphatic rings. The summed E-state index contributed by atoms with van der Waals surface area (Å²) in [6.45, 7) is 1.19. The number of nitrogens with zero attached hydrogens (tertiary/aromatic N) is 3.